The molecule has 5 heteroatoms. The van der Waals surface area contributed by atoms with Crippen LogP contribution in [0.3, 0.4) is 0 Å². The van der Waals surface area contributed by atoms with E-state index in [0.717, 1.165) is 9.35 Å². The Balaban J connectivity index is 2.38. The van der Waals surface area contributed by atoms with E-state index in [4.69, 9.17) is 5.73 Å². The number of halogens is 2. The summed E-state index contributed by atoms with van der Waals surface area (Å²) in [5.74, 6) is -0.220. The highest BCUT2D eigenvalue weighted by Crippen LogP contribution is 2.34. The maximum absolute atomic E-state index is 13.2. The Morgan fingerprint density at radius 2 is 1.86 bits per heavy atom. The van der Waals surface area contributed by atoms with Gasteiger partial charge in [0.15, 0.2) is 0 Å². The monoisotopic (exact) mass is 291 g/mol. The van der Waals surface area contributed by atoms with Crippen LogP contribution in [-0.2, 0) is 0 Å². The zero-order chi connectivity index (χ0) is 10.1. The van der Waals surface area contributed by atoms with E-state index in [1.807, 2.05) is 11.4 Å². The van der Waals surface area contributed by atoms with E-state index in [1.165, 1.54) is 28.7 Å². The van der Waals surface area contributed by atoms with Crippen molar-refractivity contribution in [3.8, 4) is 0 Å². The van der Waals surface area contributed by atoms with Crippen LogP contribution in [0.1, 0.15) is 15.8 Å². The first kappa shape index (κ1) is 10.3. The van der Waals surface area contributed by atoms with Gasteiger partial charge in [0.25, 0.3) is 0 Å². The molecule has 0 aliphatic heterocycles. The van der Waals surface area contributed by atoms with Gasteiger partial charge in [0.05, 0.1) is 10.9 Å². The zero-order valence-electron chi connectivity index (χ0n) is 7.04. The van der Waals surface area contributed by atoms with E-state index in [9.17, 15) is 4.39 Å². The Bertz CT molecular complexity index is 397. The first-order valence-corrected chi connectivity index (χ1v) is 6.46. The van der Waals surface area contributed by atoms with E-state index in [1.54, 1.807) is 5.38 Å². The van der Waals surface area contributed by atoms with Crippen molar-refractivity contribution >= 4 is 38.6 Å². The van der Waals surface area contributed by atoms with Crippen molar-refractivity contribution in [3.05, 3.63) is 42.9 Å². The fourth-order valence-electron chi connectivity index (χ4n) is 1.17. The number of nitrogens with two attached hydrogens (primary N) is 1. The second-order valence-corrected chi connectivity index (χ2v) is 5.49. The van der Waals surface area contributed by atoms with Crippen LogP contribution in [0.25, 0.3) is 0 Å². The summed E-state index contributed by atoms with van der Waals surface area (Å²) < 4.78 is 14.2. The minimum absolute atomic E-state index is 0.220. The Morgan fingerprint density at radius 3 is 2.36 bits per heavy atom. The van der Waals surface area contributed by atoms with E-state index in [-0.39, 0.29) is 11.9 Å². The van der Waals surface area contributed by atoms with Crippen molar-refractivity contribution in [3.63, 3.8) is 0 Å². The van der Waals surface area contributed by atoms with Crippen LogP contribution in [0.2, 0.25) is 0 Å². The third-order valence-corrected chi connectivity index (χ3v) is 4.78. The third kappa shape index (κ3) is 1.77. The molecule has 1 atom stereocenters. The second kappa shape index (κ2) is 4.10. The highest BCUT2D eigenvalue weighted by atomic mass is 79.9. The summed E-state index contributed by atoms with van der Waals surface area (Å²) in [4.78, 5) is 1.56. The molecular formula is C9H7BrFNS2. The van der Waals surface area contributed by atoms with Crippen molar-refractivity contribution in [2.45, 2.75) is 6.04 Å². The molecule has 1 unspecified atom stereocenters. The van der Waals surface area contributed by atoms with Crippen molar-refractivity contribution in [2.75, 3.05) is 0 Å². The van der Waals surface area contributed by atoms with Crippen LogP contribution in [0.4, 0.5) is 4.39 Å². The van der Waals surface area contributed by atoms with Gasteiger partial charge in [0.1, 0.15) is 5.82 Å². The SMILES string of the molecule is NC(c1sccc1F)c1sccc1Br. The Labute approximate surface area is 97.5 Å². The average Bonchev–Trinajstić information content (AvgIpc) is 2.73. The predicted molar refractivity (Wildman–Crippen MR) is 62.3 cm³/mol. The van der Waals surface area contributed by atoms with Gasteiger partial charge in [-0.2, -0.15) is 0 Å². The van der Waals surface area contributed by atoms with Crippen LogP contribution in [0, 0.1) is 5.82 Å². The molecule has 74 valence electrons. The molecule has 2 rings (SSSR count). The molecule has 14 heavy (non-hydrogen) atoms. The Hall–Kier alpha value is -0.230. The minimum Gasteiger partial charge on any atom is -0.319 e. The number of rotatable bonds is 2. The first-order valence-electron chi connectivity index (χ1n) is 3.91. The lowest BCUT2D eigenvalue weighted by atomic mass is 10.2. The summed E-state index contributed by atoms with van der Waals surface area (Å²) in [6.07, 6.45) is 0. The molecule has 2 aromatic rings. The van der Waals surface area contributed by atoms with E-state index in [2.05, 4.69) is 15.9 Å². The van der Waals surface area contributed by atoms with Crippen LogP contribution < -0.4 is 5.73 Å². The number of hydrogen-bond donors (Lipinski definition) is 1. The predicted octanol–water partition coefficient (Wildman–Crippen LogP) is 3.76. The van der Waals surface area contributed by atoms with Gasteiger partial charge in [0.2, 0.25) is 0 Å². The standard InChI is InChI=1S/C9H7BrFNS2/c10-5-1-3-13-8(5)7(12)9-6(11)2-4-14-9/h1-4,7H,12H2. The van der Waals surface area contributed by atoms with Crippen molar-refractivity contribution in [1.29, 1.82) is 0 Å². The molecule has 0 spiro atoms. The third-order valence-electron chi connectivity index (χ3n) is 1.85. The summed E-state index contributed by atoms with van der Waals surface area (Å²) in [6, 6.07) is 3.01. The normalized spacial score (nSPS) is 13.1. The van der Waals surface area contributed by atoms with Crippen LogP contribution in [0.5, 0.6) is 0 Å². The zero-order valence-corrected chi connectivity index (χ0v) is 10.3. The lowest BCUT2D eigenvalue weighted by Gasteiger charge is -2.07. The quantitative estimate of drug-likeness (QED) is 0.896. The highest BCUT2D eigenvalue weighted by Gasteiger charge is 2.18. The minimum atomic E-state index is -0.357. The van der Waals surface area contributed by atoms with Crippen LogP contribution in [-0.4, -0.2) is 0 Å². The highest BCUT2D eigenvalue weighted by molar-refractivity contribution is 9.10. The summed E-state index contributed by atoms with van der Waals surface area (Å²) in [6.45, 7) is 0. The molecule has 0 fully saturated rings. The van der Waals surface area contributed by atoms with Gasteiger partial charge >= 0.3 is 0 Å². The van der Waals surface area contributed by atoms with Crippen molar-refractivity contribution < 1.29 is 4.39 Å². The van der Waals surface area contributed by atoms with E-state index >= 15 is 0 Å². The summed E-state index contributed by atoms with van der Waals surface area (Å²) in [5, 5.41) is 3.65. The first-order chi connectivity index (χ1) is 6.70. The Kier molecular flexibility index (Phi) is 3.02. The maximum atomic E-state index is 13.2. The van der Waals surface area contributed by atoms with Gasteiger partial charge in [0, 0.05) is 9.35 Å². The fourth-order valence-corrected chi connectivity index (χ4v) is 3.66. The number of thiophene rings is 2. The van der Waals surface area contributed by atoms with E-state index < -0.39 is 0 Å². The smallest absolute Gasteiger partial charge is 0.139 e. The largest absolute Gasteiger partial charge is 0.319 e. The molecule has 0 bridgehead atoms. The topological polar surface area (TPSA) is 26.0 Å². The molecule has 0 radical (unpaired) electrons. The summed E-state index contributed by atoms with van der Waals surface area (Å²) in [5.41, 5.74) is 5.96. The lowest BCUT2D eigenvalue weighted by Crippen LogP contribution is -2.10. The Morgan fingerprint density at radius 1 is 1.21 bits per heavy atom. The molecule has 0 aromatic carbocycles. The lowest BCUT2D eigenvalue weighted by molar-refractivity contribution is 0.611. The summed E-state index contributed by atoms with van der Waals surface area (Å²) in [7, 11) is 0. The average molecular weight is 292 g/mol. The summed E-state index contributed by atoms with van der Waals surface area (Å²) >= 11 is 6.27. The molecule has 2 aromatic heterocycles. The molecule has 2 heterocycles. The van der Waals surface area contributed by atoms with Crippen LogP contribution in [0.15, 0.2) is 27.4 Å². The van der Waals surface area contributed by atoms with Gasteiger partial charge in [-0.05, 0) is 38.8 Å². The van der Waals surface area contributed by atoms with Crippen molar-refractivity contribution in [1.82, 2.24) is 0 Å². The van der Waals surface area contributed by atoms with Crippen molar-refractivity contribution in [2.24, 2.45) is 5.73 Å². The molecule has 0 amide bonds. The molecule has 0 saturated heterocycles. The van der Waals surface area contributed by atoms with E-state index in [0.29, 0.717) is 4.88 Å². The van der Waals surface area contributed by atoms with Gasteiger partial charge in [-0.25, -0.2) is 4.39 Å². The van der Waals surface area contributed by atoms with Gasteiger partial charge < -0.3 is 5.73 Å². The second-order valence-electron chi connectivity index (χ2n) is 2.74. The van der Waals surface area contributed by atoms with Gasteiger partial charge in [-0.15, -0.1) is 22.7 Å². The number of hydrogen-bond acceptors (Lipinski definition) is 3. The molecule has 0 aliphatic carbocycles. The molecular weight excluding hydrogens is 285 g/mol. The van der Waals surface area contributed by atoms with Gasteiger partial charge in [-0.3, -0.25) is 0 Å². The molecule has 0 aliphatic rings. The van der Waals surface area contributed by atoms with Crippen LogP contribution >= 0.6 is 38.6 Å². The van der Waals surface area contributed by atoms with Gasteiger partial charge in [-0.1, -0.05) is 0 Å². The maximum Gasteiger partial charge on any atom is 0.139 e. The molecule has 2 N–H and O–H groups in total. The molecule has 1 nitrogen and oxygen atoms in total. The molecule has 0 saturated carbocycles. The fraction of sp³-hybridized carbons (Fsp3) is 0.111.